The summed E-state index contributed by atoms with van der Waals surface area (Å²) in [6, 6.07) is 29.6. The number of para-hydroxylation sites is 2. The fourth-order valence-corrected chi connectivity index (χ4v) is 11.6. The zero-order chi connectivity index (χ0) is 44.1. The Kier molecular flexibility index (Phi) is 11.4. The molecule has 0 amide bonds. The van der Waals surface area contributed by atoms with Gasteiger partial charge >= 0.3 is 0 Å². The Morgan fingerprint density at radius 2 is 0.869 bits per heavy atom. The molecule has 314 valence electrons. The van der Waals surface area contributed by atoms with Gasteiger partial charge in [-0.2, -0.15) is 0 Å². The molecule has 2 N–H and O–H groups in total. The minimum Gasteiger partial charge on any atom is -0.376 e. The molecule has 0 bridgehead atoms. The van der Waals surface area contributed by atoms with Crippen molar-refractivity contribution >= 4 is 53.4 Å². The first-order chi connectivity index (χ1) is 28.8. The maximum atomic E-state index is 14.6. The number of nitrogens with zero attached hydrogens (tertiary/aromatic N) is 2. The third-order valence-corrected chi connectivity index (χ3v) is 14.6. The maximum absolute atomic E-state index is 14.6. The third kappa shape index (κ3) is 7.92. The molecule has 10 nitrogen and oxygen atoms in total. The molecule has 61 heavy (non-hydrogen) atoms. The fourth-order valence-electron chi connectivity index (χ4n) is 7.71. The van der Waals surface area contributed by atoms with Gasteiger partial charge in [0.2, 0.25) is 0 Å². The molecule has 0 spiro atoms. The second-order valence-electron chi connectivity index (χ2n) is 16.3. The summed E-state index contributed by atoms with van der Waals surface area (Å²) in [5.41, 5.74) is 0.456. The lowest BCUT2D eigenvalue weighted by Gasteiger charge is -2.27. The minimum atomic E-state index is -4.14. The molecule has 2 aliphatic carbocycles. The number of carbonyl (C=O) groups is 2. The van der Waals surface area contributed by atoms with Crippen LogP contribution in [-0.2, 0) is 40.8 Å². The lowest BCUT2D eigenvalue weighted by molar-refractivity contribution is -0.111. The minimum absolute atomic E-state index is 0.0311. The summed E-state index contributed by atoms with van der Waals surface area (Å²) in [4.78, 5) is 23.6. The molecule has 0 atom stereocenters. The van der Waals surface area contributed by atoms with Crippen molar-refractivity contribution in [1.29, 1.82) is 0 Å². The molecule has 12 heteroatoms. The van der Waals surface area contributed by atoms with Crippen LogP contribution in [0.4, 0.5) is 0 Å². The van der Waals surface area contributed by atoms with Crippen molar-refractivity contribution in [2.75, 3.05) is 0 Å². The highest BCUT2D eigenvalue weighted by molar-refractivity contribution is 7.90. The molecule has 0 radical (unpaired) electrons. The van der Waals surface area contributed by atoms with E-state index in [-0.39, 0.29) is 50.5 Å². The summed E-state index contributed by atoms with van der Waals surface area (Å²) in [5.74, 6) is -0.328. The van der Waals surface area contributed by atoms with Crippen LogP contribution in [0.2, 0.25) is 0 Å². The molecule has 0 saturated heterocycles. The SMILES string of the molecule is CC(C)c1cc(C(C)C)c(S(=O)(=O)n2c(C3(O)C=CC(=O)C=C3)cc3ccccc32)c(C(C)C)c1.O=C1C=CC(O)(c2cc3ccccc3n2S(=O)(=O)c2ccccc2)C=C1. The number of hydrogen-bond donors (Lipinski definition) is 2. The highest BCUT2D eigenvalue weighted by atomic mass is 32.2. The van der Waals surface area contributed by atoms with E-state index in [1.165, 1.54) is 64.7 Å². The molecular formula is C49H48N2O8S2. The van der Waals surface area contributed by atoms with Crippen LogP contribution in [0.25, 0.3) is 21.8 Å². The number of aliphatic hydroxyl groups is 2. The molecule has 0 aliphatic heterocycles. The zero-order valence-corrected chi connectivity index (χ0v) is 36.4. The molecule has 2 heterocycles. The van der Waals surface area contributed by atoms with Crippen LogP contribution >= 0.6 is 0 Å². The van der Waals surface area contributed by atoms with E-state index in [1.807, 2.05) is 52.0 Å². The van der Waals surface area contributed by atoms with E-state index in [0.717, 1.165) is 20.7 Å². The molecular weight excluding hydrogens is 809 g/mol. The predicted octanol–water partition coefficient (Wildman–Crippen LogP) is 8.89. The topological polar surface area (TPSA) is 153 Å². The number of allylic oxidation sites excluding steroid dienone is 4. The van der Waals surface area contributed by atoms with Crippen LogP contribution in [0.5, 0.6) is 0 Å². The summed E-state index contributed by atoms with van der Waals surface area (Å²) >= 11 is 0. The highest BCUT2D eigenvalue weighted by Crippen LogP contribution is 2.41. The van der Waals surface area contributed by atoms with Gasteiger partial charge < -0.3 is 10.2 Å². The lowest BCUT2D eigenvalue weighted by atomic mass is 9.89. The summed E-state index contributed by atoms with van der Waals surface area (Å²) in [6.45, 7) is 12.2. The van der Waals surface area contributed by atoms with E-state index in [0.29, 0.717) is 21.8 Å². The van der Waals surface area contributed by atoms with Gasteiger partial charge in [-0.25, -0.2) is 24.8 Å². The zero-order valence-electron chi connectivity index (χ0n) is 34.7. The van der Waals surface area contributed by atoms with Crippen LogP contribution < -0.4 is 0 Å². The Morgan fingerprint density at radius 1 is 0.492 bits per heavy atom. The van der Waals surface area contributed by atoms with Crippen molar-refractivity contribution in [2.24, 2.45) is 0 Å². The molecule has 8 rings (SSSR count). The predicted molar refractivity (Wildman–Crippen MR) is 239 cm³/mol. The number of aromatic nitrogens is 2. The first kappa shape index (κ1) is 43.2. The van der Waals surface area contributed by atoms with Gasteiger partial charge in [-0.05, 0) is 119 Å². The molecule has 6 aromatic rings. The Morgan fingerprint density at radius 3 is 1.26 bits per heavy atom. The Balaban J connectivity index is 0.000000192. The van der Waals surface area contributed by atoms with Crippen molar-refractivity contribution in [3.8, 4) is 0 Å². The van der Waals surface area contributed by atoms with Crippen LogP contribution in [0.15, 0.2) is 162 Å². The van der Waals surface area contributed by atoms with E-state index in [4.69, 9.17) is 0 Å². The van der Waals surface area contributed by atoms with E-state index in [9.17, 15) is 36.6 Å². The van der Waals surface area contributed by atoms with E-state index >= 15 is 0 Å². The average Bonchev–Trinajstić information content (AvgIpc) is 3.85. The van der Waals surface area contributed by atoms with Gasteiger partial charge in [-0.15, -0.1) is 0 Å². The second-order valence-corrected chi connectivity index (χ2v) is 19.8. The number of fused-ring (bicyclic) bond motifs is 2. The first-order valence-electron chi connectivity index (χ1n) is 20.0. The standard InChI is InChI=1S/C29H33NO4S.C20H15NO4S/c1-18(2)22-15-24(19(3)4)28(25(16-22)20(5)6)35(33,34)30-26-10-8-7-9-21(26)17-27(30)29(32)13-11-23(31)12-14-29;22-16-10-12-20(23,13-11-16)19-14-15-6-4-5-9-18(15)21(19)26(24,25)17-7-2-1-3-8-17/h7-20,32H,1-6H3;1-14,23H. The van der Waals surface area contributed by atoms with Gasteiger partial charge in [-0.3, -0.25) is 9.59 Å². The second kappa shape index (κ2) is 16.2. The smallest absolute Gasteiger partial charge is 0.269 e. The first-order valence-corrected chi connectivity index (χ1v) is 22.9. The summed E-state index contributed by atoms with van der Waals surface area (Å²) in [7, 11) is -8.09. The third-order valence-electron chi connectivity index (χ3n) is 11.0. The van der Waals surface area contributed by atoms with Gasteiger partial charge in [0.05, 0.1) is 32.2 Å². The van der Waals surface area contributed by atoms with Gasteiger partial charge in [0.1, 0.15) is 11.2 Å². The maximum Gasteiger partial charge on any atom is 0.269 e. The lowest BCUT2D eigenvalue weighted by Crippen LogP contribution is -2.30. The molecule has 2 aliphatic rings. The summed E-state index contributed by atoms with van der Waals surface area (Å²) in [5, 5.41) is 23.9. The fraction of sp³-hybridized carbons (Fsp3) is 0.224. The monoisotopic (exact) mass is 856 g/mol. The van der Waals surface area contributed by atoms with E-state index in [2.05, 4.69) is 13.8 Å². The van der Waals surface area contributed by atoms with Crippen molar-refractivity contribution < 1.29 is 36.6 Å². The van der Waals surface area contributed by atoms with E-state index < -0.39 is 31.2 Å². The largest absolute Gasteiger partial charge is 0.376 e. The Hall–Kier alpha value is -5.92. The quantitative estimate of drug-likeness (QED) is 0.146. The number of ketones is 2. The number of carbonyl (C=O) groups excluding carboxylic acids is 2. The van der Waals surface area contributed by atoms with Gasteiger partial charge in [0, 0.05) is 10.8 Å². The van der Waals surface area contributed by atoms with Gasteiger partial charge in [0.15, 0.2) is 11.6 Å². The summed E-state index contributed by atoms with van der Waals surface area (Å²) in [6.07, 6.45) is 10.3. The van der Waals surface area contributed by atoms with Crippen LogP contribution in [0.1, 0.15) is 87.4 Å². The normalized spacial score (nSPS) is 16.0. The number of benzene rings is 4. The van der Waals surface area contributed by atoms with Crippen molar-refractivity contribution in [1.82, 2.24) is 7.94 Å². The molecule has 0 unspecified atom stereocenters. The molecule has 4 aromatic carbocycles. The van der Waals surface area contributed by atoms with Crippen LogP contribution in [0.3, 0.4) is 0 Å². The molecule has 0 fully saturated rings. The van der Waals surface area contributed by atoms with Gasteiger partial charge in [0.25, 0.3) is 20.0 Å². The average molecular weight is 857 g/mol. The van der Waals surface area contributed by atoms with Crippen molar-refractivity contribution in [3.05, 3.63) is 180 Å². The van der Waals surface area contributed by atoms with Crippen LogP contribution in [0, 0.1) is 0 Å². The summed E-state index contributed by atoms with van der Waals surface area (Å²) < 4.78 is 58.3. The molecule has 0 saturated carbocycles. The van der Waals surface area contributed by atoms with Crippen LogP contribution in [-0.4, -0.2) is 46.6 Å². The highest BCUT2D eigenvalue weighted by Gasteiger charge is 2.38. The Bertz CT molecular complexity index is 2990. The number of rotatable bonds is 9. The van der Waals surface area contributed by atoms with Crippen molar-refractivity contribution in [3.63, 3.8) is 0 Å². The van der Waals surface area contributed by atoms with Gasteiger partial charge in [-0.1, -0.05) is 108 Å². The number of hydrogen-bond acceptors (Lipinski definition) is 8. The van der Waals surface area contributed by atoms with E-state index in [1.54, 1.807) is 66.7 Å². The van der Waals surface area contributed by atoms with Crippen molar-refractivity contribution in [2.45, 2.75) is 80.3 Å². The molecule has 2 aromatic heterocycles. The Labute approximate surface area is 356 Å².